The second-order valence-electron chi connectivity index (χ2n) is 4.21. The Bertz CT molecular complexity index is 241. The van der Waals surface area contributed by atoms with Crippen molar-refractivity contribution in [2.75, 3.05) is 18.5 Å². The van der Waals surface area contributed by atoms with Crippen LogP contribution >= 0.6 is 0 Å². The number of anilines is 1. The van der Waals surface area contributed by atoms with E-state index in [1.165, 1.54) is 18.5 Å². The Balaban J connectivity index is 2.32. The molecule has 1 aromatic rings. The zero-order valence-corrected chi connectivity index (χ0v) is 9.46. The summed E-state index contributed by atoms with van der Waals surface area (Å²) in [7, 11) is 2.13. The highest BCUT2D eigenvalue weighted by Gasteiger charge is 2.00. The molecule has 0 saturated heterocycles. The number of para-hydroxylation sites is 1. The van der Waals surface area contributed by atoms with Gasteiger partial charge in [-0.2, -0.15) is 0 Å². The summed E-state index contributed by atoms with van der Waals surface area (Å²) >= 11 is 0. The van der Waals surface area contributed by atoms with Crippen molar-refractivity contribution in [2.24, 2.45) is 5.92 Å². The van der Waals surface area contributed by atoms with Crippen molar-refractivity contribution in [3.05, 3.63) is 30.3 Å². The average Bonchev–Trinajstić information content (AvgIpc) is 2.18. The van der Waals surface area contributed by atoms with E-state index in [0.717, 1.165) is 12.5 Å². The molecule has 0 amide bonds. The molecule has 1 radical (unpaired) electrons. The van der Waals surface area contributed by atoms with Gasteiger partial charge in [-0.1, -0.05) is 32.0 Å². The smallest absolute Gasteiger partial charge is 0.0444 e. The number of benzene rings is 1. The Labute approximate surface area is 87.7 Å². The van der Waals surface area contributed by atoms with E-state index < -0.39 is 0 Å². The summed E-state index contributed by atoms with van der Waals surface area (Å²) in [5.41, 5.74) is 1.19. The lowest BCUT2D eigenvalue weighted by molar-refractivity contribution is 0.556. The van der Waals surface area contributed by atoms with Crippen molar-refractivity contribution in [3.8, 4) is 0 Å². The first-order chi connectivity index (χ1) is 6.70. The molecule has 0 aliphatic rings. The van der Waals surface area contributed by atoms with Gasteiger partial charge in [0.15, 0.2) is 0 Å². The summed E-state index contributed by atoms with van der Waals surface area (Å²) < 4.78 is 0. The molecule has 0 fully saturated rings. The van der Waals surface area contributed by atoms with Gasteiger partial charge in [0.1, 0.15) is 0 Å². The minimum Gasteiger partial charge on any atom is -0.374 e. The van der Waals surface area contributed by atoms with E-state index in [4.69, 9.17) is 0 Å². The molecule has 0 N–H and O–H groups in total. The lowest BCUT2D eigenvalue weighted by atomic mass is 10.1. The van der Waals surface area contributed by atoms with Crippen LogP contribution in [0.3, 0.4) is 0 Å². The van der Waals surface area contributed by atoms with Crippen LogP contribution in [0.2, 0.25) is 0 Å². The van der Waals surface area contributed by atoms with Crippen LogP contribution in [0.15, 0.2) is 24.3 Å². The van der Waals surface area contributed by atoms with Gasteiger partial charge in [0.2, 0.25) is 0 Å². The minimum atomic E-state index is 0.808. The summed E-state index contributed by atoms with van der Waals surface area (Å²) in [5, 5.41) is 0. The highest BCUT2D eigenvalue weighted by Crippen LogP contribution is 2.12. The Morgan fingerprint density at radius 2 is 2.14 bits per heavy atom. The molecule has 1 heteroatoms. The van der Waals surface area contributed by atoms with Crippen molar-refractivity contribution in [2.45, 2.75) is 26.7 Å². The standard InChI is InChI=1S/C13H20N/c1-12(2)8-7-11-14(3)13-9-5-4-6-10-13/h4-6,9,12H,7-8,11H2,1-3H3. The SMILES string of the molecule is CC(C)CCCN(C)c1[c]cccc1. The number of hydrogen-bond donors (Lipinski definition) is 0. The van der Waals surface area contributed by atoms with Crippen molar-refractivity contribution in [1.29, 1.82) is 0 Å². The molecule has 0 atom stereocenters. The molecule has 0 unspecified atom stereocenters. The molecule has 0 heterocycles. The maximum Gasteiger partial charge on any atom is 0.0444 e. The van der Waals surface area contributed by atoms with Crippen molar-refractivity contribution in [1.82, 2.24) is 0 Å². The fourth-order valence-electron chi connectivity index (χ4n) is 1.48. The molecule has 0 bridgehead atoms. The predicted molar refractivity (Wildman–Crippen MR) is 62.6 cm³/mol. The van der Waals surface area contributed by atoms with E-state index >= 15 is 0 Å². The molecule has 0 aliphatic carbocycles. The van der Waals surface area contributed by atoms with Crippen molar-refractivity contribution >= 4 is 5.69 Å². The average molecular weight is 190 g/mol. The molecule has 1 aromatic carbocycles. The van der Waals surface area contributed by atoms with Crippen LogP contribution in [-0.2, 0) is 0 Å². The molecule has 14 heavy (non-hydrogen) atoms. The Morgan fingerprint density at radius 3 is 2.71 bits per heavy atom. The number of rotatable bonds is 5. The molecule has 0 spiro atoms. The van der Waals surface area contributed by atoms with Gasteiger partial charge in [0, 0.05) is 25.3 Å². The van der Waals surface area contributed by atoms with Crippen LogP contribution in [0.1, 0.15) is 26.7 Å². The molecule has 77 valence electrons. The van der Waals surface area contributed by atoms with E-state index in [2.05, 4.69) is 44.0 Å². The first kappa shape index (κ1) is 11.1. The predicted octanol–water partition coefficient (Wildman–Crippen LogP) is 3.36. The van der Waals surface area contributed by atoms with Crippen molar-refractivity contribution < 1.29 is 0 Å². The van der Waals surface area contributed by atoms with E-state index in [1.807, 2.05) is 12.1 Å². The van der Waals surface area contributed by atoms with Gasteiger partial charge in [-0.15, -0.1) is 0 Å². The van der Waals surface area contributed by atoms with Gasteiger partial charge in [0.05, 0.1) is 0 Å². The number of hydrogen-bond acceptors (Lipinski definition) is 1. The maximum atomic E-state index is 3.23. The second kappa shape index (κ2) is 5.69. The van der Waals surface area contributed by atoms with E-state index in [-0.39, 0.29) is 0 Å². The summed E-state index contributed by atoms with van der Waals surface area (Å²) in [6.07, 6.45) is 2.56. The van der Waals surface area contributed by atoms with Crippen LogP contribution in [0.4, 0.5) is 5.69 Å². The third-order valence-electron chi connectivity index (χ3n) is 2.38. The van der Waals surface area contributed by atoms with Crippen molar-refractivity contribution in [3.63, 3.8) is 0 Å². The minimum absolute atomic E-state index is 0.808. The first-order valence-electron chi connectivity index (χ1n) is 5.38. The summed E-state index contributed by atoms with van der Waals surface area (Å²) in [6, 6.07) is 11.4. The third-order valence-corrected chi connectivity index (χ3v) is 2.38. The number of nitrogens with zero attached hydrogens (tertiary/aromatic N) is 1. The van der Waals surface area contributed by atoms with Gasteiger partial charge in [-0.25, -0.2) is 0 Å². The van der Waals surface area contributed by atoms with Gasteiger partial charge in [-0.3, -0.25) is 0 Å². The largest absolute Gasteiger partial charge is 0.374 e. The lowest BCUT2D eigenvalue weighted by Gasteiger charge is -2.19. The fourth-order valence-corrected chi connectivity index (χ4v) is 1.48. The Hall–Kier alpha value is -0.980. The van der Waals surface area contributed by atoms with E-state index in [1.54, 1.807) is 0 Å². The van der Waals surface area contributed by atoms with E-state index in [9.17, 15) is 0 Å². The highest BCUT2D eigenvalue weighted by atomic mass is 15.1. The molecule has 0 aliphatic heterocycles. The zero-order chi connectivity index (χ0) is 10.4. The quantitative estimate of drug-likeness (QED) is 0.688. The van der Waals surface area contributed by atoms with E-state index in [0.29, 0.717) is 0 Å². The molecular formula is C13H20N. The van der Waals surface area contributed by atoms with Crippen LogP contribution in [0, 0.1) is 12.0 Å². The zero-order valence-electron chi connectivity index (χ0n) is 9.46. The molecule has 1 nitrogen and oxygen atoms in total. The molecule has 0 aromatic heterocycles. The normalized spacial score (nSPS) is 10.6. The monoisotopic (exact) mass is 190 g/mol. The van der Waals surface area contributed by atoms with Gasteiger partial charge < -0.3 is 4.90 Å². The lowest BCUT2D eigenvalue weighted by Crippen LogP contribution is -2.18. The molecule has 1 rings (SSSR count). The Morgan fingerprint density at radius 1 is 1.36 bits per heavy atom. The van der Waals surface area contributed by atoms with Crippen LogP contribution < -0.4 is 4.90 Å². The first-order valence-corrected chi connectivity index (χ1v) is 5.38. The van der Waals surface area contributed by atoms with Crippen LogP contribution in [0.5, 0.6) is 0 Å². The topological polar surface area (TPSA) is 3.24 Å². The third kappa shape index (κ3) is 3.82. The van der Waals surface area contributed by atoms with Gasteiger partial charge >= 0.3 is 0 Å². The van der Waals surface area contributed by atoms with Crippen LogP contribution in [0.25, 0.3) is 0 Å². The second-order valence-corrected chi connectivity index (χ2v) is 4.21. The highest BCUT2D eigenvalue weighted by molar-refractivity contribution is 5.43. The van der Waals surface area contributed by atoms with Gasteiger partial charge in [-0.05, 0) is 24.8 Å². The van der Waals surface area contributed by atoms with Crippen LogP contribution in [-0.4, -0.2) is 13.6 Å². The Kier molecular flexibility index (Phi) is 4.51. The fraction of sp³-hybridized carbons (Fsp3) is 0.538. The summed E-state index contributed by atoms with van der Waals surface area (Å²) in [6.45, 7) is 5.67. The molecular weight excluding hydrogens is 170 g/mol. The summed E-state index contributed by atoms with van der Waals surface area (Å²) in [4.78, 5) is 2.27. The summed E-state index contributed by atoms with van der Waals surface area (Å²) in [5.74, 6) is 0.808. The van der Waals surface area contributed by atoms with Gasteiger partial charge in [0.25, 0.3) is 0 Å². The molecule has 0 saturated carbocycles. The maximum absolute atomic E-state index is 3.23.